The molecule has 12 atom stereocenters. The molecule has 9 aliphatic carbocycles. The number of aryl methyl sites for hydroxylation is 3. The average Bonchev–Trinajstić information content (AvgIpc) is 1.25. The minimum atomic E-state index is -0.848. The van der Waals surface area contributed by atoms with Crippen molar-refractivity contribution in [3.05, 3.63) is 212 Å². The summed E-state index contributed by atoms with van der Waals surface area (Å²) in [4.78, 5) is 21.4. The summed E-state index contributed by atoms with van der Waals surface area (Å²) in [5.41, 5.74) is 12.0. The minimum absolute atomic E-state index is 0.0258. The van der Waals surface area contributed by atoms with Gasteiger partial charge in [-0.2, -0.15) is 0 Å². The Hall–Kier alpha value is -5.05. The Bertz CT molecular complexity index is 4150. The minimum Gasteiger partial charge on any atom is -0.396 e. The molecule has 15 heteroatoms. The Morgan fingerprint density at radius 3 is 1.21 bits per heavy atom. The van der Waals surface area contributed by atoms with Crippen molar-refractivity contribution >= 4 is 21.7 Å². The quantitative estimate of drug-likeness (QED) is 0.0447. The molecule has 6 saturated carbocycles. The molecule has 6 bridgehead atoms. The molecule has 4 N–H and O–H groups in total. The molecule has 0 radical (unpaired) electrons. The summed E-state index contributed by atoms with van der Waals surface area (Å²) in [6.45, 7) is 17.9. The largest absolute Gasteiger partial charge is 0.396 e. The molecular formula is C94H120BrN3O11. The van der Waals surface area contributed by atoms with Crippen molar-refractivity contribution in [3.8, 4) is 0 Å². The molecule has 20 rings (SSSR count). The first-order valence-electron chi connectivity index (χ1n) is 42.1. The number of carbonyl (C=O) groups is 1. The number of rotatable bonds is 19. The number of benzene rings is 6. The van der Waals surface area contributed by atoms with Gasteiger partial charge in [0.05, 0.1) is 56.4 Å². The van der Waals surface area contributed by atoms with Gasteiger partial charge in [0, 0.05) is 116 Å². The Balaban J connectivity index is 0.000000114. The van der Waals surface area contributed by atoms with E-state index in [1.54, 1.807) is 0 Å². The lowest BCUT2D eigenvalue weighted by Gasteiger charge is -2.67. The molecule has 2 spiro atoms. The number of hydrogen-bond acceptors (Lipinski definition) is 14. The van der Waals surface area contributed by atoms with Crippen LogP contribution < -0.4 is 0 Å². The molecule has 0 amide bonds. The van der Waals surface area contributed by atoms with Crippen molar-refractivity contribution in [2.24, 2.45) is 35.5 Å². The van der Waals surface area contributed by atoms with E-state index < -0.39 is 33.8 Å². The standard InChI is InChI=1S/C32H41NO4.C30H37NO3.C25H35NO4.C7H7Br/c1-23-7-10-26-18-29-31(34)19-27(11-14-35-21-25-5-3-2-4-6-25)32(36-15-16-37-32)22-30(31,28(26)17-23)12-13-33(29)20-24-8-9-24;1-21-7-10-24-16-28-30(33)17-25(11-14-34-20-23-5-3-2-4-6-23)27(32)18-29(30,26(24)15-21)12-13-31(28)19-22-8-9-22;1-17-2-5-19-13-22-24(28)14-20(6-9-27)25(29-10-11-30-25)16-23(24,21(19)12-17)7-8-26(22)15-18-3-4-18;8-6-7-4-2-1-3-5-7/h2-7,10,17,24,27,29,34H,8-9,11-16,18-22H2,1H3;2-7,10,15,22,25,28,33H,8-9,11-14,16-20H2,1H3;2,5,12,18,20,22,27-28H,3-4,6-11,13-16H2,1H3;1-5H,6H2/t27-,29+,30+,31+;25-,28+,29+,30+;20-,22+,23+,24+;/m000./s1. The van der Waals surface area contributed by atoms with Crippen molar-refractivity contribution in [3.63, 3.8) is 0 Å². The van der Waals surface area contributed by atoms with Crippen LogP contribution in [-0.2, 0) is 87.3 Å². The predicted molar refractivity (Wildman–Crippen MR) is 427 cm³/mol. The highest BCUT2D eigenvalue weighted by Gasteiger charge is 2.73. The number of hydrogen-bond donors (Lipinski definition) is 4. The summed E-state index contributed by atoms with van der Waals surface area (Å²) in [6, 6.07) is 51.7. The maximum absolute atomic E-state index is 13.5. The first kappa shape index (κ1) is 76.6. The van der Waals surface area contributed by atoms with E-state index in [9.17, 15) is 25.2 Å². The van der Waals surface area contributed by atoms with Gasteiger partial charge in [0.2, 0.25) is 0 Å². The van der Waals surface area contributed by atoms with Crippen LogP contribution in [0.15, 0.2) is 146 Å². The van der Waals surface area contributed by atoms with Crippen LogP contribution in [0.1, 0.15) is 182 Å². The summed E-state index contributed by atoms with van der Waals surface area (Å²) in [5.74, 6) is 1.44. The van der Waals surface area contributed by atoms with Crippen LogP contribution in [0, 0.1) is 56.3 Å². The highest BCUT2D eigenvalue weighted by atomic mass is 79.9. The molecule has 14 aliphatic rings. The zero-order chi connectivity index (χ0) is 74.8. The molecule has 0 aromatic heterocycles. The lowest BCUT2D eigenvalue weighted by molar-refractivity contribution is -0.288. The van der Waals surface area contributed by atoms with Gasteiger partial charge in [0.1, 0.15) is 5.78 Å². The number of aliphatic hydroxyl groups is 4. The Morgan fingerprint density at radius 1 is 0.459 bits per heavy atom. The third-order valence-corrected chi connectivity index (χ3v) is 30.2. The van der Waals surface area contributed by atoms with E-state index in [-0.39, 0.29) is 53.3 Å². The van der Waals surface area contributed by atoms with Gasteiger partial charge in [0.25, 0.3) is 0 Å². The van der Waals surface area contributed by atoms with Crippen LogP contribution in [0.3, 0.4) is 0 Å². The normalized spacial score (nSPS) is 33.5. The van der Waals surface area contributed by atoms with Gasteiger partial charge in [0.15, 0.2) is 11.6 Å². The van der Waals surface area contributed by atoms with Gasteiger partial charge in [-0.25, -0.2) is 0 Å². The number of piperidine rings is 3. The first-order chi connectivity index (χ1) is 52.9. The molecule has 14 nitrogen and oxygen atoms in total. The van der Waals surface area contributed by atoms with Crippen molar-refractivity contribution < 1.29 is 53.6 Å². The second-order valence-electron chi connectivity index (χ2n) is 36.2. The Kier molecular flexibility index (Phi) is 22.0. The number of ketones is 1. The molecule has 6 aromatic rings. The SMILES string of the molecule is BrCc1ccccc1.Cc1ccc2c(c1)[C@]13CCN(CC4CC4)[C@H](C2)[C@]1(O)C[C@H](CCO)C1(C3)OCCO1.Cc1ccc2c(c1)[C@]13CCN(CC4CC4)[C@H](C2)[C@]1(O)C[C@H](CCOCc1ccccc1)C(=O)C3.Cc1ccc2c(c1)[C@]13CCN(CC4CC4)[C@H](C2)[C@]1(O)C[C@H](CCOCc1ccccc1)C1(C3)OCCO1. The molecule has 5 heterocycles. The first-order valence-corrected chi connectivity index (χ1v) is 43.3. The maximum Gasteiger partial charge on any atom is 0.172 e. The molecule has 11 fully saturated rings. The molecule has 5 aliphatic heterocycles. The van der Waals surface area contributed by atoms with Crippen LogP contribution in [0.5, 0.6) is 0 Å². The Morgan fingerprint density at radius 2 is 0.826 bits per heavy atom. The van der Waals surface area contributed by atoms with E-state index in [0.29, 0.717) is 104 Å². The Labute approximate surface area is 656 Å². The van der Waals surface area contributed by atoms with Crippen LogP contribution in [0.4, 0.5) is 0 Å². The molecule has 584 valence electrons. The molecule has 5 saturated heterocycles. The number of Topliss-reactive ketones (excluding diaryl/α,β-unsaturated/α-hetero) is 1. The number of ether oxygens (including phenoxy) is 6. The van der Waals surface area contributed by atoms with E-state index in [1.807, 2.05) is 42.5 Å². The summed E-state index contributed by atoms with van der Waals surface area (Å²) in [5, 5.41) is 48.9. The maximum atomic E-state index is 13.5. The fourth-order valence-corrected chi connectivity index (χ4v) is 23.8. The number of carbonyl (C=O) groups excluding carboxylic acids is 1. The topological polar surface area (TPSA) is 163 Å². The van der Waals surface area contributed by atoms with Crippen LogP contribution in [0.25, 0.3) is 0 Å². The van der Waals surface area contributed by atoms with E-state index in [4.69, 9.17) is 28.4 Å². The van der Waals surface area contributed by atoms with Crippen molar-refractivity contribution in [1.82, 2.24) is 14.7 Å². The predicted octanol–water partition coefficient (Wildman–Crippen LogP) is 14.5. The molecule has 109 heavy (non-hydrogen) atoms. The zero-order valence-electron chi connectivity index (χ0n) is 65.1. The highest BCUT2D eigenvalue weighted by Crippen LogP contribution is 2.67. The third kappa shape index (κ3) is 14.5. The van der Waals surface area contributed by atoms with Crippen LogP contribution in [0.2, 0.25) is 0 Å². The number of alkyl halides is 1. The van der Waals surface area contributed by atoms with Crippen LogP contribution >= 0.6 is 15.9 Å². The van der Waals surface area contributed by atoms with Crippen molar-refractivity contribution in [2.75, 3.05) is 85.5 Å². The van der Waals surface area contributed by atoms with Crippen molar-refractivity contribution in [2.45, 2.75) is 237 Å². The zero-order valence-corrected chi connectivity index (χ0v) is 66.7. The lowest BCUT2D eigenvalue weighted by atomic mass is 9.46. The fourth-order valence-electron chi connectivity index (χ4n) is 23.5. The monoisotopic (exact) mass is 1550 g/mol. The van der Waals surface area contributed by atoms with Gasteiger partial charge in [-0.3, -0.25) is 19.5 Å². The number of likely N-dealkylation sites (tertiary alicyclic amines) is 3. The second kappa shape index (κ2) is 31.3. The van der Waals surface area contributed by atoms with Crippen molar-refractivity contribution in [1.29, 1.82) is 0 Å². The average molecular weight is 1550 g/mol. The lowest BCUT2D eigenvalue weighted by Crippen LogP contribution is -2.76. The van der Waals surface area contributed by atoms with E-state index >= 15 is 0 Å². The number of fused-ring (bicyclic) bond motifs is 3. The van der Waals surface area contributed by atoms with E-state index in [2.05, 4.69) is 155 Å². The van der Waals surface area contributed by atoms with Gasteiger partial charge < -0.3 is 48.8 Å². The third-order valence-electron chi connectivity index (χ3n) is 29.5. The van der Waals surface area contributed by atoms with Gasteiger partial charge in [-0.05, 0) is 224 Å². The van der Waals surface area contributed by atoms with Crippen LogP contribution in [-0.4, -0.2) is 173 Å². The smallest absolute Gasteiger partial charge is 0.172 e. The summed E-state index contributed by atoms with van der Waals surface area (Å²) < 4.78 is 37.8. The van der Waals surface area contributed by atoms with Gasteiger partial charge in [-0.15, -0.1) is 0 Å². The summed E-state index contributed by atoms with van der Waals surface area (Å²) in [6.07, 6.45) is 19.5. The molecular weight excluding hydrogens is 1430 g/mol. The van der Waals surface area contributed by atoms with Gasteiger partial charge >= 0.3 is 0 Å². The molecule has 0 unspecified atom stereocenters. The number of halogens is 1. The van der Waals surface area contributed by atoms with E-state index in [0.717, 1.165) is 119 Å². The number of aliphatic hydroxyl groups excluding tert-OH is 1. The number of nitrogens with zero attached hydrogens (tertiary/aromatic N) is 3. The summed E-state index contributed by atoms with van der Waals surface area (Å²) in [7, 11) is 0. The molecule has 6 aromatic carbocycles. The fraction of sp³-hybridized carbons (Fsp3) is 0.606. The second-order valence-corrected chi connectivity index (χ2v) is 36.8. The van der Waals surface area contributed by atoms with E-state index in [1.165, 1.54) is 99.7 Å². The summed E-state index contributed by atoms with van der Waals surface area (Å²) >= 11 is 3.36. The van der Waals surface area contributed by atoms with Gasteiger partial charge in [-0.1, -0.05) is 178 Å². The highest BCUT2D eigenvalue weighted by molar-refractivity contribution is 9.08.